The molecule has 0 atom stereocenters. The fourth-order valence-electron chi connectivity index (χ4n) is 4.08. The van der Waals surface area contributed by atoms with Gasteiger partial charge < -0.3 is 9.47 Å². The number of benzene rings is 4. The number of hydrogen-bond donors (Lipinski definition) is 0. The number of nitrogens with zero attached hydrogens (tertiary/aromatic N) is 3. The van der Waals surface area contributed by atoms with E-state index in [9.17, 15) is 0 Å². The molecule has 0 unspecified atom stereocenters. The van der Waals surface area contributed by atoms with Gasteiger partial charge in [-0.2, -0.15) is 0 Å². The highest BCUT2D eigenvalue weighted by molar-refractivity contribution is 7.98. The second kappa shape index (κ2) is 11.1. The number of methoxy groups -OCH3 is 1. The van der Waals surface area contributed by atoms with Crippen LogP contribution in [0.1, 0.15) is 17.0 Å². The summed E-state index contributed by atoms with van der Waals surface area (Å²) in [5.74, 6) is 3.04. The van der Waals surface area contributed by atoms with Crippen molar-refractivity contribution in [1.82, 2.24) is 14.8 Å². The van der Waals surface area contributed by atoms with Crippen LogP contribution in [0, 0.1) is 6.92 Å². The minimum Gasteiger partial charge on any atom is -0.495 e. The van der Waals surface area contributed by atoms with Crippen molar-refractivity contribution >= 4 is 11.8 Å². The predicted octanol–water partition coefficient (Wildman–Crippen LogP) is 7.12. The van der Waals surface area contributed by atoms with Crippen LogP contribution in [0.15, 0.2) is 108 Å². The van der Waals surface area contributed by atoms with E-state index in [1.165, 1.54) is 11.1 Å². The standard InChI is InChI=1S/C30H27N3O2S/c1-22-11-10-12-23(19-22)21-36-30-32-31-29(33(30)26-16-7-9-18-28(26)34-2)20-35-27-17-8-6-15-25(27)24-13-4-3-5-14-24/h3-19H,20-21H2,1-2H3. The summed E-state index contributed by atoms with van der Waals surface area (Å²) in [6, 6.07) is 34.7. The Bertz CT molecular complexity index is 1450. The first-order valence-corrected chi connectivity index (χ1v) is 12.7. The molecule has 0 saturated carbocycles. The van der Waals surface area contributed by atoms with Gasteiger partial charge in [-0.25, -0.2) is 0 Å². The Morgan fingerprint density at radius 2 is 1.53 bits per heavy atom. The summed E-state index contributed by atoms with van der Waals surface area (Å²) in [6.45, 7) is 2.37. The predicted molar refractivity (Wildman–Crippen MR) is 145 cm³/mol. The summed E-state index contributed by atoms with van der Waals surface area (Å²) < 4.78 is 14.0. The maximum atomic E-state index is 6.33. The van der Waals surface area contributed by atoms with Crippen molar-refractivity contribution < 1.29 is 9.47 Å². The third-order valence-electron chi connectivity index (χ3n) is 5.81. The van der Waals surface area contributed by atoms with Gasteiger partial charge in [0.15, 0.2) is 11.0 Å². The van der Waals surface area contributed by atoms with Crippen LogP contribution >= 0.6 is 11.8 Å². The van der Waals surface area contributed by atoms with Crippen molar-refractivity contribution in [3.63, 3.8) is 0 Å². The smallest absolute Gasteiger partial charge is 0.196 e. The van der Waals surface area contributed by atoms with Crippen LogP contribution in [0.4, 0.5) is 0 Å². The van der Waals surface area contributed by atoms with Crippen molar-refractivity contribution in [2.75, 3.05) is 7.11 Å². The van der Waals surface area contributed by atoms with E-state index in [1.54, 1.807) is 18.9 Å². The van der Waals surface area contributed by atoms with E-state index < -0.39 is 0 Å². The Kier molecular flexibility index (Phi) is 7.33. The summed E-state index contributed by atoms with van der Waals surface area (Å²) in [7, 11) is 1.68. The Hall–Kier alpha value is -4.03. The van der Waals surface area contributed by atoms with Crippen LogP contribution in [0.2, 0.25) is 0 Å². The number of ether oxygens (including phenoxy) is 2. The first-order valence-electron chi connectivity index (χ1n) is 11.8. The second-order valence-electron chi connectivity index (χ2n) is 8.33. The molecule has 5 nitrogen and oxygen atoms in total. The topological polar surface area (TPSA) is 49.2 Å². The molecule has 0 spiro atoms. The molecule has 180 valence electrons. The average Bonchev–Trinajstić information content (AvgIpc) is 3.34. The summed E-state index contributed by atoms with van der Waals surface area (Å²) in [5, 5.41) is 9.85. The molecule has 6 heteroatoms. The van der Waals surface area contributed by atoms with Crippen molar-refractivity contribution in [1.29, 1.82) is 0 Å². The second-order valence-corrected chi connectivity index (χ2v) is 9.28. The zero-order valence-electron chi connectivity index (χ0n) is 20.3. The Balaban J connectivity index is 1.46. The van der Waals surface area contributed by atoms with Gasteiger partial charge in [-0.15, -0.1) is 10.2 Å². The summed E-state index contributed by atoms with van der Waals surface area (Å²) in [4.78, 5) is 0. The van der Waals surface area contributed by atoms with Crippen LogP contribution in [-0.4, -0.2) is 21.9 Å². The van der Waals surface area contributed by atoms with E-state index >= 15 is 0 Å². The number of thioether (sulfide) groups is 1. The maximum absolute atomic E-state index is 6.33. The molecule has 0 saturated heterocycles. The summed E-state index contributed by atoms with van der Waals surface area (Å²) in [6.07, 6.45) is 0. The Morgan fingerprint density at radius 1 is 0.778 bits per heavy atom. The van der Waals surface area contributed by atoms with Crippen molar-refractivity contribution in [3.05, 3.63) is 120 Å². The number of aromatic nitrogens is 3. The number of hydrogen-bond acceptors (Lipinski definition) is 5. The SMILES string of the molecule is COc1ccccc1-n1c(COc2ccccc2-c2ccccc2)nnc1SCc1cccc(C)c1. The lowest BCUT2D eigenvalue weighted by Gasteiger charge is -2.15. The monoisotopic (exact) mass is 493 g/mol. The molecule has 5 rings (SSSR count). The van der Waals surface area contributed by atoms with E-state index in [1.807, 2.05) is 65.2 Å². The first-order chi connectivity index (χ1) is 17.7. The quantitative estimate of drug-likeness (QED) is 0.205. The van der Waals surface area contributed by atoms with Gasteiger partial charge in [0, 0.05) is 11.3 Å². The highest BCUT2D eigenvalue weighted by Gasteiger charge is 2.19. The van der Waals surface area contributed by atoms with Gasteiger partial charge in [-0.1, -0.05) is 102 Å². The number of rotatable bonds is 9. The average molecular weight is 494 g/mol. The highest BCUT2D eigenvalue weighted by Crippen LogP contribution is 2.33. The highest BCUT2D eigenvalue weighted by atomic mass is 32.2. The van der Waals surface area contributed by atoms with Crippen molar-refractivity contribution in [3.8, 4) is 28.3 Å². The molecular weight excluding hydrogens is 466 g/mol. The van der Waals surface area contributed by atoms with E-state index in [0.717, 1.165) is 39.2 Å². The van der Waals surface area contributed by atoms with Crippen LogP contribution in [-0.2, 0) is 12.4 Å². The first kappa shape index (κ1) is 23.7. The molecule has 0 fully saturated rings. The van der Waals surface area contributed by atoms with Crippen molar-refractivity contribution in [2.24, 2.45) is 0 Å². The molecule has 0 N–H and O–H groups in total. The van der Waals surface area contributed by atoms with Crippen LogP contribution in [0.25, 0.3) is 16.8 Å². The molecular formula is C30H27N3O2S. The Morgan fingerprint density at radius 3 is 2.33 bits per heavy atom. The number of para-hydroxylation sites is 3. The van der Waals surface area contributed by atoms with Gasteiger partial charge in [0.1, 0.15) is 18.1 Å². The minimum absolute atomic E-state index is 0.264. The molecule has 36 heavy (non-hydrogen) atoms. The van der Waals surface area contributed by atoms with Gasteiger partial charge in [-0.05, 0) is 36.2 Å². The largest absolute Gasteiger partial charge is 0.495 e. The van der Waals surface area contributed by atoms with Gasteiger partial charge in [-0.3, -0.25) is 4.57 Å². The molecule has 4 aromatic carbocycles. The third-order valence-corrected chi connectivity index (χ3v) is 6.81. The molecule has 0 aliphatic heterocycles. The molecule has 1 heterocycles. The molecule has 0 aliphatic rings. The normalized spacial score (nSPS) is 10.8. The van der Waals surface area contributed by atoms with Gasteiger partial charge >= 0.3 is 0 Å². The lowest BCUT2D eigenvalue weighted by atomic mass is 10.1. The van der Waals surface area contributed by atoms with Crippen LogP contribution in [0.5, 0.6) is 11.5 Å². The lowest BCUT2D eigenvalue weighted by Crippen LogP contribution is -2.08. The van der Waals surface area contributed by atoms with Gasteiger partial charge in [0.05, 0.1) is 12.8 Å². The van der Waals surface area contributed by atoms with Gasteiger partial charge in [0.2, 0.25) is 0 Å². The molecule has 1 aromatic heterocycles. The molecule has 0 radical (unpaired) electrons. The zero-order valence-corrected chi connectivity index (χ0v) is 21.1. The summed E-state index contributed by atoms with van der Waals surface area (Å²) in [5.41, 5.74) is 5.51. The molecule has 5 aromatic rings. The lowest BCUT2D eigenvalue weighted by molar-refractivity contribution is 0.293. The third kappa shape index (κ3) is 5.29. The number of aryl methyl sites for hydroxylation is 1. The van der Waals surface area contributed by atoms with E-state index in [0.29, 0.717) is 5.82 Å². The maximum Gasteiger partial charge on any atom is 0.196 e. The molecule has 0 amide bonds. The fraction of sp³-hybridized carbons (Fsp3) is 0.133. The fourth-order valence-corrected chi connectivity index (χ4v) is 4.99. The van der Waals surface area contributed by atoms with Crippen LogP contribution in [0.3, 0.4) is 0 Å². The Labute approximate surface area is 215 Å². The van der Waals surface area contributed by atoms with Crippen LogP contribution < -0.4 is 9.47 Å². The van der Waals surface area contributed by atoms with E-state index in [2.05, 4.69) is 59.6 Å². The molecule has 0 bridgehead atoms. The van der Waals surface area contributed by atoms with E-state index in [4.69, 9.17) is 9.47 Å². The summed E-state index contributed by atoms with van der Waals surface area (Å²) >= 11 is 1.64. The zero-order chi connectivity index (χ0) is 24.7. The van der Waals surface area contributed by atoms with Crippen molar-refractivity contribution in [2.45, 2.75) is 24.4 Å². The molecule has 0 aliphatic carbocycles. The van der Waals surface area contributed by atoms with E-state index in [-0.39, 0.29) is 6.61 Å². The van der Waals surface area contributed by atoms with Gasteiger partial charge in [0.25, 0.3) is 0 Å². The minimum atomic E-state index is 0.264.